The van der Waals surface area contributed by atoms with Crippen molar-refractivity contribution in [2.45, 2.75) is 0 Å². The van der Waals surface area contributed by atoms with Gasteiger partial charge in [0.1, 0.15) is 7.05 Å². The van der Waals surface area contributed by atoms with Gasteiger partial charge in [-0.15, -0.1) is 0 Å². The van der Waals surface area contributed by atoms with Crippen LogP contribution < -0.4 is 11.6 Å². The van der Waals surface area contributed by atoms with Crippen molar-refractivity contribution < 1.29 is 4.68 Å². The Kier molecular flexibility index (Phi) is 2.11. The van der Waals surface area contributed by atoms with Crippen LogP contribution in [-0.2, 0) is 0 Å². The van der Waals surface area contributed by atoms with Crippen LogP contribution in [-0.4, -0.2) is 17.6 Å². The molecule has 0 aromatic heterocycles. The van der Waals surface area contributed by atoms with Crippen LogP contribution in [0.15, 0.2) is 30.3 Å². The first-order valence-corrected chi connectivity index (χ1v) is 3.38. The molecule has 0 aliphatic carbocycles. The van der Waals surface area contributed by atoms with Gasteiger partial charge in [0, 0.05) is 0 Å². The minimum Gasteiger partial charge on any atom is -0.285 e. The minimum absolute atomic E-state index is 0.575. The zero-order valence-corrected chi connectivity index (χ0v) is 6.49. The molecule has 3 heteroatoms. The second-order valence-corrected chi connectivity index (χ2v) is 2.36. The van der Waals surface area contributed by atoms with Gasteiger partial charge in [0.15, 0.2) is 0 Å². The molecule has 0 saturated carbocycles. The summed E-state index contributed by atoms with van der Waals surface area (Å²) >= 11 is 0. The lowest BCUT2D eigenvalue weighted by atomic mass is 10.2. The second kappa shape index (κ2) is 3.05. The SMILES string of the molecule is C/[N+](N)=C(\N)c1ccccc1. The predicted octanol–water partition coefficient (Wildman–Crippen LogP) is -0.0921. The molecular formula is C8H12N3+. The fourth-order valence-electron chi connectivity index (χ4n) is 0.813. The first kappa shape index (κ1) is 7.60. The molecule has 0 aliphatic heterocycles. The molecule has 1 aromatic rings. The van der Waals surface area contributed by atoms with E-state index < -0.39 is 0 Å². The summed E-state index contributed by atoms with van der Waals surface area (Å²) in [5.41, 5.74) is 6.60. The molecule has 1 rings (SSSR count). The Labute approximate surface area is 65.9 Å². The lowest BCUT2D eigenvalue weighted by Crippen LogP contribution is -2.31. The number of hydrazine groups is 1. The van der Waals surface area contributed by atoms with Crippen LogP contribution in [0.3, 0.4) is 0 Å². The van der Waals surface area contributed by atoms with E-state index in [9.17, 15) is 0 Å². The van der Waals surface area contributed by atoms with Crippen LogP contribution in [0.2, 0.25) is 0 Å². The Morgan fingerprint density at radius 3 is 2.27 bits per heavy atom. The van der Waals surface area contributed by atoms with Gasteiger partial charge in [0.2, 0.25) is 0 Å². The first-order valence-electron chi connectivity index (χ1n) is 3.38. The smallest absolute Gasteiger partial charge is 0.285 e. The Morgan fingerprint density at radius 2 is 1.82 bits per heavy atom. The van der Waals surface area contributed by atoms with Crippen molar-refractivity contribution in [2.24, 2.45) is 11.6 Å². The van der Waals surface area contributed by atoms with E-state index in [2.05, 4.69) is 0 Å². The van der Waals surface area contributed by atoms with Crippen molar-refractivity contribution in [3.63, 3.8) is 0 Å². The fourth-order valence-corrected chi connectivity index (χ4v) is 0.813. The van der Waals surface area contributed by atoms with Crippen LogP contribution in [0.25, 0.3) is 0 Å². The zero-order chi connectivity index (χ0) is 8.27. The lowest BCUT2D eigenvalue weighted by molar-refractivity contribution is -0.509. The number of hydrogen-bond acceptors (Lipinski definition) is 1. The minimum atomic E-state index is 0.575. The van der Waals surface area contributed by atoms with Crippen molar-refractivity contribution in [2.75, 3.05) is 7.05 Å². The highest BCUT2D eigenvalue weighted by Gasteiger charge is 2.03. The Bertz CT molecular complexity index is 260. The average Bonchev–Trinajstić information content (AvgIpc) is 2.05. The van der Waals surface area contributed by atoms with Crippen molar-refractivity contribution >= 4 is 5.84 Å². The van der Waals surface area contributed by atoms with Gasteiger partial charge < -0.3 is 0 Å². The van der Waals surface area contributed by atoms with Crippen molar-refractivity contribution in [3.8, 4) is 0 Å². The predicted molar refractivity (Wildman–Crippen MR) is 45.1 cm³/mol. The van der Waals surface area contributed by atoms with Crippen molar-refractivity contribution in [1.29, 1.82) is 0 Å². The standard InChI is InChI=1S/C8H11N3/c1-11(10)8(9)7-5-3-2-4-6-7/h2-6,9H,10H2,1H3/p+1. The molecule has 0 aliphatic rings. The molecule has 0 fully saturated rings. The molecule has 0 amide bonds. The van der Waals surface area contributed by atoms with Gasteiger partial charge >= 0.3 is 0 Å². The normalized spacial score (nSPS) is 12.5. The van der Waals surface area contributed by atoms with E-state index in [1.807, 2.05) is 30.3 Å². The highest BCUT2D eigenvalue weighted by Crippen LogP contribution is 1.95. The Morgan fingerprint density at radius 1 is 1.27 bits per heavy atom. The zero-order valence-electron chi connectivity index (χ0n) is 6.49. The first-order chi connectivity index (χ1) is 5.22. The van der Waals surface area contributed by atoms with Gasteiger partial charge in [0.25, 0.3) is 5.84 Å². The van der Waals surface area contributed by atoms with Crippen LogP contribution >= 0.6 is 0 Å². The van der Waals surface area contributed by atoms with Crippen LogP contribution in [0, 0.1) is 0 Å². The summed E-state index contributed by atoms with van der Waals surface area (Å²) in [6.07, 6.45) is 0. The molecule has 0 unspecified atom stereocenters. The van der Waals surface area contributed by atoms with Gasteiger partial charge in [-0.3, -0.25) is 11.6 Å². The van der Waals surface area contributed by atoms with E-state index >= 15 is 0 Å². The van der Waals surface area contributed by atoms with E-state index in [0.29, 0.717) is 5.84 Å². The summed E-state index contributed by atoms with van der Waals surface area (Å²) in [6.45, 7) is 0. The molecule has 0 saturated heterocycles. The second-order valence-electron chi connectivity index (χ2n) is 2.36. The number of rotatable bonds is 1. The Balaban J connectivity index is 3.04. The number of hydrogen-bond donors (Lipinski definition) is 2. The molecule has 0 spiro atoms. The molecular weight excluding hydrogens is 138 g/mol. The largest absolute Gasteiger partial charge is 0.297 e. The summed E-state index contributed by atoms with van der Waals surface area (Å²) in [5.74, 6) is 6.01. The summed E-state index contributed by atoms with van der Waals surface area (Å²) in [5, 5.41) is 0. The topological polar surface area (TPSA) is 55.0 Å². The van der Waals surface area contributed by atoms with Gasteiger partial charge in [-0.1, -0.05) is 18.2 Å². The monoisotopic (exact) mass is 150 g/mol. The number of nitrogens with zero attached hydrogens (tertiary/aromatic N) is 1. The molecule has 0 atom stereocenters. The summed E-state index contributed by atoms with van der Waals surface area (Å²) < 4.78 is 1.40. The van der Waals surface area contributed by atoms with Crippen molar-refractivity contribution in [1.82, 2.24) is 0 Å². The maximum Gasteiger partial charge on any atom is 0.297 e. The third kappa shape index (κ3) is 1.70. The maximum atomic E-state index is 5.66. The van der Waals surface area contributed by atoms with Gasteiger partial charge in [-0.25, -0.2) is 0 Å². The molecule has 0 radical (unpaired) electrons. The highest BCUT2D eigenvalue weighted by molar-refractivity contribution is 5.93. The molecule has 4 N–H and O–H groups in total. The molecule has 3 nitrogen and oxygen atoms in total. The molecule has 58 valence electrons. The van der Waals surface area contributed by atoms with Gasteiger partial charge in [-0.05, 0) is 12.1 Å². The third-order valence-corrected chi connectivity index (χ3v) is 1.45. The fraction of sp³-hybridized carbons (Fsp3) is 0.125. The Hall–Kier alpha value is -1.51. The van der Waals surface area contributed by atoms with Crippen molar-refractivity contribution in [3.05, 3.63) is 35.9 Å². The quantitative estimate of drug-likeness (QED) is 0.193. The van der Waals surface area contributed by atoms with Crippen LogP contribution in [0.4, 0.5) is 0 Å². The van der Waals surface area contributed by atoms with E-state index in [-0.39, 0.29) is 0 Å². The number of amidine groups is 1. The number of nitrogens with two attached hydrogens (primary N) is 2. The van der Waals surface area contributed by atoms with E-state index in [1.54, 1.807) is 7.05 Å². The maximum absolute atomic E-state index is 5.66. The molecule has 0 bridgehead atoms. The van der Waals surface area contributed by atoms with E-state index in [4.69, 9.17) is 11.6 Å². The highest BCUT2D eigenvalue weighted by atomic mass is 15.3. The summed E-state index contributed by atoms with van der Waals surface area (Å²) in [6, 6.07) is 9.61. The summed E-state index contributed by atoms with van der Waals surface area (Å²) in [7, 11) is 1.71. The summed E-state index contributed by atoms with van der Waals surface area (Å²) in [4.78, 5) is 0. The molecule has 11 heavy (non-hydrogen) atoms. The number of benzene rings is 1. The lowest BCUT2D eigenvalue weighted by Gasteiger charge is -1.96. The van der Waals surface area contributed by atoms with Gasteiger partial charge in [0.05, 0.1) is 5.56 Å². The molecule has 0 heterocycles. The third-order valence-electron chi connectivity index (χ3n) is 1.45. The van der Waals surface area contributed by atoms with Gasteiger partial charge in [-0.2, -0.15) is 4.68 Å². The van der Waals surface area contributed by atoms with Crippen LogP contribution in [0.1, 0.15) is 5.56 Å². The van der Waals surface area contributed by atoms with E-state index in [1.165, 1.54) is 4.68 Å². The number of hydrazone groups is 1. The average molecular weight is 150 g/mol. The molecule has 1 aromatic carbocycles. The van der Waals surface area contributed by atoms with Crippen LogP contribution in [0.5, 0.6) is 0 Å². The van der Waals surface area contributed by atoms with E-state index in [0.717, 1.165) is 5.56 Å².